The number of nitrogens with one attached hydrogen (secondary N) is 1. The van der Waals surface area contributed by atoms with E-state index in [0.717, 1.165) is 17.8 Å². The predicted molar refractivity (Wildman–Crippen MR) is 61.5 cm³/mol. The Hall–Kier alpha value is -1.20. The summed E-state index contributed by atoms with van der Waals surface area (Å²) in [6, 6.07) is 0.405. The van der Waals surface area contributed by atoms with Gasteiger partial charge in [0.05, 0.1) is 6.61 Å². The van der Waals surface area contributed by atoms with Gasteiger partial charge in [0.2, 0.25) is 0 Å². The van der Waals surface area contributed by atoms with Gasteiger partial charge in [0.1, 0.15) is 6.10 Å². The van der Waals surface area contributed by atoms with E-state index in [1.807, 2.05) is 20.9 Å². The number of hydrogen-bond donors (Lipinski definition) is 1. The third kappa shape index (κ3) is 3.75. The summed E-state index contributed by atoms with van der Waals surface area (Å²) in [7, 11) is 3.53. The van der Waals surface area contributed by atoms with E-state index < -0.39 is 0 Å². The molecule has 0 radical (unpaired) electrons. The molecule has 90 valence electrons. The molecule has 0 saturated carbocycles. The van der Waals surface area contributed by atoms with E-state index in [2.05, 4.69) is 15.3 Å². The molecule has 16 heavy (non-hydrogen) atoms. The molecular formula is C11H19N3O2. The standard InChI is InChI=1S/C11H19N3O2/c1-8(7-15-4)16-11-13-6-10(5-12-3)9(2)14-11/h6,8,12H,5,7H2,1-4H3. The summed E-state index contributed by atoms with van der Waals surface area (Å²) in [6.45, 7) is 5.16. The van der Waals surface area contributed by atoms with E-state index in [9.17, 15) is 0 Å². The first-order chi connectivity index (χ1) is 7.67. The average Bonchev–Trinajstić information content (AvgIpc) is 2.22. The van der Waals surface area contributed by atoms with Gasteiger partial charge in [-0.3, -0.25) is 0 Å². The zero-order valence-electron chi connectivity index (χ0n) is 10.3. The van der Waals surface area contributed by atoms with E-state index in [1.54, 1.807) is 13.3 Å². The minimum atomic E-state index is -0.0421. The van der Waals surface area contributed by atoms with Crippen molar-refractivity contribution in [3.63, 3.8) is 0 Å². The van der Waals surface area contributed by atoms with Crippen molar-refractivity contribution in [3.05, 3.63) is 17.5 Å². The van der Waals surface area contributed by atoms with E-state index in [4.69, 9.17) is 9.47 Å². The smallest absolute Gasteiger partial charge is 0.316 e. The van der Waals surface area contributed by atoms with Gasteiger partial charge in [-0.15, -0.1) is 0 Å². The highest BCUT2D eigenvalue weighted by molar-refractivity contribution is 5.17. The van der Waals surface area contributed by atoms with Crippen molar-refractivity contribution in [3.8, 4) is 6.01 Å². The van der Waals surface area contributed by atoms with Crippen molar-refractivity contribution in [2.24, 2.45) is 0 Å². The number of ether oxygens (including phenoxy) is 2. The Labute approximate surface area is 96.2 Å². The zero-order chi connectivity index (χ0) is 12.0. The van der Waals surface area contributed by atoms with Crippen LogP contribution >= 0.6 is 0 Å². The number of rotatable bonds is 6. The number of hydrogen-bond acceptors (Lipinski definition) is 5. The molecular weight excluding hydrogens is 206 g/mol. The molecule has 0 fully saturated rings. The summed E-state index contributed by atoms with van der Waals surface area (Å²) in [4.78, 5) is 8.44. The highest BCUT2D eigenvalue weighted by atomic mass is 16.5. The molecule has 0 aliphatic rings. The van der Waals surface area contributed by atoms with Crippen molar-refractivity contribution < 1.29 is 9.47 Å². The molecule has 1 unspecified atom stereocenters. The van der Waals surface area contributed by atoms with Crippen LogP contribution in [-0.4, -0.2) is 36.8 Å². The summed E-state index contributed by atoms with van der Waals surface area (Å²) in [5.41, 5.74) is 2.01. The average molecular weight is 225 g/mol. The van der Waals surface area contributed by atoms with Crippen molar-refractivity contribution in [1.29, 1.82) is 0 Å². The molecule has 0 spiro atoms. The van der Waals surface area contributed by atoms with Gasteiger partial charge in [-0.1, -0.05) is 0 Å². The highest BCUT2D eigenvalue weighted by Gasteiger charge is 2.07. The molecule has 5 nitrogen and oxygen atoms in total. The van der Waals surface area contributed by atoms with Crippen LogP contribution in [0.1, 0.15) is 18.2 Å². The van der Waals surface area contributed by atoms with Crippen LogP contribution in [0.4, 0.5) is 0 Å². The van der Waals surface area contributed by atoms with Crippen LogP contribution in [0.25, 0.3) is 0 Å². The Kier molecular flexibility index (Phi) is 5.14. The summed E-state index contributed by atoms with van der Waals surface area (Å²) in [6.07, 6.45) is 1.74. The maximum Gasteiger partial charge on any atom is 0.316 e. The minimum absolute atomic E-state index is 0.0421. The maximum absolute atomic E-state index is 5.50. The van der Waals surface area contributed by atoms with Gasteiger partial charge in [0.25, 0.3) is 0 Å². The van der Waals surface area contributed by atoms with E-state index in [1.165, 1.54) is 0 Å². The molecule has 1 N–H and O–H groups in total. The molecule has 1 rings (SSSR count). The number of aromatic nitrogens is 2. The fourth-order valence-electron chi connectivity index (χ4n) is 1.34. The highest BCUT2D eigenvalue weighted by Crippen LogP contribution is 2.09. The van der Waals surface area contributed by atoms with Crippen molar-refractivity contribution in [1.82, 2.24) is 15.3 Å². The van der Waals surface area contributed by atoms with Gasteiger partial charge < -0.3 is 14.8 Å². The van der Waals surface area contributed by atoms with Gasteiger partial charge in [-0.25, -0.2) is 9.97 Å². The molecule has 0 aromatic carbocycles. The van der Waals surface area contributed by atoms with Crippen LogP contribution in [0.2, 0.25) is 0 Å². The number of nitrogens with zero attached hydrogens (tertiary/aromatic N) is 2. The lowest BCUT2D eigenvalue weighted by Crippen LogP contribution is -2.19. The molecule has 0 aliphatic heterocycles. The second-order valence-corrected chi connectivity index (χ2v) is 3.68. The third-order valence-electron chi connectivity index (χ3n) is 2.13. The third-order valence-corrected chi connectivity index (χ3v) is 2.13. The lowest BCUT2D eigenvalue weighted by Gasteiger charge is -2.12. The molecule has 0 amide bonds. The van der Waals surface area contributed by atoms with Gasteiger partial charge >= 0.3 is 6.01 Å². The van der Waals surface area contributed by atoms with E-state index >= 15 is 0 Å². The van der Waals surface area contributed by atoms with Crippen molar-refractivity contribution >= 4 is 0 Å². The van der Waals surface area contributed by atoms with Crippen LogP contribution < -0.4 is 10.1 Å². The molecule has 5 heteroatoms. The van der Waals surface area contributed by atoms with Gasteiger partial charge in [0, 0.05) is 31.1 Å². The van der Waals surface area contributed by atoms with Crippen LogP contribution in [-0.2, 0) is 11.3 Å². The molecule has 1 heterocycles. The second kappa shape index (κ2) is 6.40. The Morgan fingerprint density at radius 2 is 2.25 bits per heavy atom. The summed E-state index contributed by atoms with van der Waals surface area (Å²) in [5.74, 6) is 0. The predicted octanol–water partition coefficient (Wildman–Crippen LogP) is 0.918. The normalized spacial score (nSPS) is 12.5. The van der Waals surface area contributed by atoms with Gasteiger partial charge in [0.15, 0.2) is 0 Å². The quantitative estimate of drug-likeness (QED) is 0.780. The van der Waals surface area contributed by atoms with Gasteiger partial charge in [-0.2, -0.15) is 0 Å². The molecule has 1 aromatic rings. The van der Waals surface area contributed by atoms with Crippen LogP contribution in [0.3, 0.4) is 0 Å². The number of aryl methyl sites for hydroxylation is 1. The van der Waals surface area contributed by atoms with E-state index in [0.29, 0.717) is 12.6 Å². The summed E-state index contributed by atoms with van der Waals surface area (Å²) in [5, 5.41) is 3.06. The summed E-state index contributed by atoms with van der Waals surface area (Å²) >= 11 is 0. The zero-order valence-corrected chi connectivity index (χ0v) is 10.3. The maximum atomic E-state index is 5.50. The Morgan fingerprint density at radius 3 is 2.81 bits per heavy atom. The lowest BCUT2D eigenvalue weighted by molar-refractivity contribution is 0.0853. The molecule has 0 saturated heterocycles. The van der Waals surface area contributed by atoms with Crippen LogP contribution in [0.15, 0.2) is 6.20 Å². The lowest BCUT2D eigenvalue weighted by atomic mass is 10.2. The Balaban J connectivity index is 2.65. The minimum Gasteiger partial charge on any atom is -0.458 e. The van der Waals surface area contributed by atoms with Crippen LogP contribution in [0.5, 0.6) is 6.01 Å². The SMILES string of the molecule is CNCc1cnc(OC(C)COC)nc1C. The van der Waals surface area contributed by atoms with Crippen molar-refractivity contribution in [2.45, 2.75) is 26.5 Å². The van der Waals surface area contributed by atoms with Crippen molar-refractivity contribution in [2.75, 3.05) is 20.8 Å². The Morgan fingerprint density at radius 1 is 1.50 bits per heavy atom. The molecule has 0 bridgehead atoms. The fourth-order valence-corrected chi connectivity index (χ4v) is 1.34. The molecule has 1 atom stereocenters. The second-order valence-electron chi connectivity index (χ2n) is 3.68. The van der Waals surface area contributed by atoms with E-state index in [-0.39, 0.29) is 6.10 Å². The summed E-state index contributed by atoms with van der Waals surface area (Å²) < 4.78 is 10.5. The topological polar surface area (TPSA) is 56.3 Å². The van der Waals surface area contributed by atoms with Crippen LogP contribution in [0, 0.1) is 6.92 Å². The molecule has 0 aliphatic carbocycles. The first-order valence-corrected chi connectivity index (χ1v) is 5.30. The molecule has 1 aromatic heterocycles. The van der Waals surface area contributed by atoms with Gasteiger partial charge in [-0.05, 0) is 20.9 Å². The Bertz CT molecular complexity index is 331. The fraction of sp³-hybridized carbons (Fsp3) is 0.636. The number of methoxy groups -OCH3 is 1. The monoisotopic (exact) mass is 225 g/mol. The first kappa shape index (κ1) is 12.9. The largest absolute Gasteiger partial charge is 0.458 e. The first-order valence-electron chi connectivity index (χ1n) is 5.30.